The van der Waals surface area contributed by atoms with Crippen LogP contribution in [0.2, 0.25) is 0 Å². The van der Waals surface area contributed by atoms with Gasteiger partial charge in [0.1, 0.15) is 11.6 Å². The Bertz CT molecular complexity index is 744. The van der Waals surface area contributed by atoms with E-state index in [1.165, 1.54) is 11.1 Å². The summed E-state index contributed by atoms with van der Waals surface area (Å²) in [5, 5.41) is 0. The quantitative estimate of drug-likeness (QED) is 0.760. The molecule has 1 N–H and O–H groups in total. The van der Waals surface area contributed by atoms with E-state index in [0.29, 0.717) is 0 Å². The Labute approximate surface area is 125 Å². The topological polar surface area (TPSA) is 37.9 Å². The van der Waals surface area contributed by atoms with E-state index in [4.69, 9.17) is 4.74 Å². The number of aromatic nitrogens is 2. The Morgan fingerprint density at radius 1 is 1.14 bits per heavy atom. The van der Waals surface area contributed by atoms with Crippen LogP contribution in [0.4, 0.5) is 0 Å². The van der Waals surface area contributed by atoms with Crippen LogP contribution in [0.1, 0.15) is 36.9 Å². The van der Waals surface area contributed by atoms with Crippen molar-refractivity contribution in [1.82, 2.24) is 9.97 Å². The number of nitrogens with one attached hydrogen (secondary N) is 1. The molecule has 0 unspecified atom stereocenters. The summed E-state index contributed by atoms with van der Waals surface area (Å²) < 4.78 is 5.98. The van der Waals surface area contributed by atoms with Crippen molar-refractivity contribution in [2.24, 2.45) is 0 Å². The first-order chi connectivity index (χ1) is 10.2. The van der Waals surface area contributed by atoms with Crippen molar-refractivity contribution < 1.29 is 4.74 Å². The molecule has 21 heavy (non-hydrogen) atoms. The molecule has 0 saturated heterocycles. The van der Waals surface area contributed by atoms with Gasteiger partial charge in [-0.25, -0.2) is 4.98 Å². The molecule has 0 fully saturated rings. The molecule has 0 amide bonds. The van der Waals surface area contributed by atoms with Gasteiger partial charge in [-0.05, 0) is 49.6 Å². The molecule has 3 heteroatoms. The minimum Gasteiger partial charge on any atom is -0.483 e. The largest absolute Gasteiger partial charge is 0.483 e. The van der Waals surface area contributed by atoms with E-state index < -0.39 is 0 Å². The Kier molecular flexibility index (Phi) is 3.65. The Balaban J connectivity index is 1.82. The zero-order valence-electron chi connectivity index (χ0n) is 12.7. The molecule has 1 heterocycles. The van der Waals surface area contributed by atoms with E-state index in [2.05, 4.69) is 42.0 Å². The van der Waals surface area contributed by atoms with Crippen LogP contribution < -0.4 is 4.74 Å². The molecule has 108 valence electrons. The van der Waals surface area contributed by atoms with Crippen LogP contribution in [0.15, 0.2) is 42.5 Å². The van der Waals surface area contributed by atoms with Crippen LogP contribution >= 0.6 is 0 Å². The van der Waals surface area contributed by atoms with Gasteiger partial charge in [-0.2, -0.15) is 0 Å². The highest BCUT2D eigenvalue weighted by Crippen LogP contribution is 2.23. The number of aromatic amines is 1. The average Bonchev–Trinajstić information content (AvgIpc) is 2.94. The van der Waals surface area contributed by atoms with E-state index in [1.54, 1.807) is 0 Å². The van der Waals surface area contributed by atoms with Gasteiger partial charge in [0.15, 0.2) is 6.10 Å². The summed E-state index contributed by atoms with van der Waals surface area (Å²) in [6.07, 6.45) is 0.933. The number of rotatable bonds is 4. The van der Waals surface area contributed by atoms with Crippen LogP contribution in [-0.2, 0) is 6.42 Å². The molecule has 0 bridgehead atoms. The highest BCUT2D eigenvalue weighted by Gasteiger charge is 2.13. The number of benzene rings is 2. The molecule has 0 aliphatic heterocycles. The van der Waals surface area contributed by atoms with Crippen LogP contribution in [0, 0.1) is 6.92 Å². The Morgan fingerprint density at radius 3 is 2.57 bits per heavy atom. The average molecular weight is 280 g/mol. The highest BCUT2D eigenvalue weighted by molar-refractivity contribution is 5.78. The van der Waals surface area contributed by atoms with Gasteiger partial charge in [0, 0.05) is 0 Å². The number of H-pyrrole nitrogens is 1. The number of hydrogen-bond acceptors (Lipinski definition) is 2. The molecule has 3 rings (SSSR count). The molecule has 0 radical (unpaired) electrons. The fourth-order valence-electron chi connectivity index (χ4n) is 2.45. The molecule has 0 saturated carbocycles. The summed E-state index contributed by atoms with van der Waals surface area (Å²) >= 11 is 0. The van der Waals surface area contributed by atoms with Crippen molar-refractivity contribution in [3.8, 4) is 5.75 Å². The maximum atomic E-state index is 5.98. The summed E-state index contributed by atoms with van der Waals surface area (Å²) in [5.41, 5.74) is 4.56. The molecule has 1 atom stereocenters. The molecule has 0 aliphatic rings. The maximum absolute atomic E-state index is 5.98. The fourth-order valence-corrected chi connectivity index (χ4v) is 2.45. The lowest BCUT2D eigenvalue weighted by Gasteiger charge is -2.12. The van der Waals surface area contributed by atoms with Gasteiger partial charge in [-0.15, -0.1) is 0 Å². The van der Waals surface area contributed by atoms with Gasteiger partial charge in [0.25, 0.3) is 0 Å². The molecule has 3 nitrogen and oxygen atoms in total. The summed E-state index contributed by atoms with van der Waals surface area (Å²) in [7, 11) is 0. The highest BCUT2D eigenvalue weighted by atomic mass is 16.5. The number of aryl methyl sites for hydroxylation is 2. The lowest BCUT2D eigenvalue weighted by Crippen LogP contribution is -2.05. The second-order valence-corrected chi connectivity index (χ2v) is 5.35. The number of fused-ring (bicyclic) bond motifs is 1. The van der Waals surface area contributed by atoms with Crippen molar-refractivity contribution in [3.05, 3.63) is 59.4 Å². The molecule has 0 spiro atoms. The van der Waals surface area contributed by atoms with Crippen molar-refractivity contribution in [2.75, 3.05) is 0 Å². The van der Waals surface area contributed by atoms with Crippen molar-refractivity contribution in [3.63, 3.8) is 0 Å². The van der Waals surface area contributed by atoms with Crippen LogP contribution in [0.3, 0.4) is 0 Å². The Morgan fingerprint density at radius 2 is 1.90 bits per heavy atom. The third-order valence-electron chi connectivity index (χ3n) is 3.76. The van der Waals surface area contributed by atoms with Gasteiger partial charge in [-0.1, -0.05) is 31.2 Å². The number of para-hydroxylation sites is 1. The zero-order valence-corrected chi connectivity index (χ0v) is 12.7. The standard InChI is InChI=1S/C18H20N2O/c1-4-14-8-10-15(11-9-14)21-13(3)18-19-16-7-5-6-12(2)17(16)20-18/h5-11,13H,4H2,1-3H3,(H,19,20)/t13-/m0/s1. The lowest BCUT2D eigenvalue weighted by atomic mass is 10.2. The molecule has 2 aromatic carbocycles. The number of imidazole rings is 1. The maximum Gasteiger partial charge on any atom is 0.153 e. The van der Waals surface area contributed by atoms with Crippen LogP contribution in [-0.4, -0.2) is 9.97 Å². The van der Waals surface area contributed by atoms with Crippen LogP contribution in [0.5, 0.6) is 5.75 Å². The first kappa shape index (κ1) is 13.7. The minimum absolute atomic E-state index is 0.107. The zero-order chi connectivity index (χ0) is 14.8. The number of hydrogen-bond donors (Lipinski definition) is 1. The van der Waals surface area contributed by atoms with E-state index in [9.17, 15) is 0 Å². The second kappa shape index (κ2) is 5.60. The summed E-state index contributed by atoms with van der Waals surface area (Å²) in [6.45, 7) is 6.23. The second-order valence-electron chi connectivity index (χ2n) is 5.35. The van der Waals surface area contributed by atoms with E-state index >= 15 is 0 Å². The monoisotopic (exact) mass is 280 g/mol. The third-order valence-corrected chi connectivity index (χ3v) is 3.76. The van der Waals surface area contributed by atoms with Crippen molar-refractivity contribution >= 4 is 11.0 Å². The summed E-state index contributed by atoms with van der Waals surface area (Å²) in [5.74, 6) is 1.73. The predicted octanol–water partition coefficient (Wildman–Crippen LogP) is 4.57. The lowest BCUT2D eigenvalue weighted by molar-refractivity contribution is 0.218. The van der Waals surface area contributed by atoms with E-state index in [1.807, 2.05) is 31.2 Å². The minimum atomic E-state index is -0.107. The predicted molar refractivity (Wildman–Crippen MR) is 85.7 cm³/mol. The molecular weight excluding hydrogens is 260 g/mol. The van der Waals surface area contributed by atoms with Gasteiger partial charge in [0.05, 0.1) is 11.0 Å². The molecule has 0 aliphatic carbocycles. The smallest absolute Gasteiger partial charge is 0.153 e. The van der Waals surface area contributed by atoms with Gasteiger partial charge < -0.3 is 9.72 Å². The number of nitrogens with zero attached hydrogens (tertiary/aromatic N) is 1. The SMILES string of the molecule is CCc1ccc(O[C@@H](C)c2nc3c(C)cccc3[nH]2)cc1. The van der Waals surface area contributed by atoms with Crippen molar-refractivity contribution in [2.45, 2.75) is 33.3 Å². The van der Waals surface area contributed by atoms with Gasteiger partial charge in [0.2, 0.25) is 0 Å². The van der Waals surface area contributed by atoms with Crippen LogP contribution in [0.25, 0.3) is 11.0 Å². The van der Waals surface area contributed by atoms with Crippen molar-refractivity contribution in [1.29, 1.82) is 0 Å². The van der Waals surface area contributed by atoms with Gasteiger partial charge >= 0.3 is 0 Å². The normalized spacial score (nSPS) is 12.5. The van der Waals surface area contributed by atoms with Gasteiger partial charge in [-0.3, -0.25) is 0 Å². The molecular formula is C18H20N2O. The molecule has 3 aromatic rings. The third kappa shape index (κ3) is 2.77. The first-order valence-corrected chi connectivity index (χ1v) is 7.38. The summed E-state index contributed by atoms with van der Waals surface area (Å²) in [4.78, 5) is 8.00. The Hall–Kier alpha value is -2.29. The molecule has 1 aromatic heterocycles. The first-order valence-electron chi connectivity index (χ1n) is 7.38. The fraction of sp³-hybridized carbons (Fsp3) is 0.278. The van der Waals surface area contributed by atoms with E-state index in [-0.39, 0.29) is 6.10 Å². The number of ether oxygens (including phenoxy) is 1. The summed E-state index contributed by atoms with van der Waals surface area (Å²) in [6, 6.07) is 14.4. The van der Waals surface area contributed by atoms with E-state index in [0.717, 1.165) is 29.0 Å².